The van der Waals surface area contributed by atoms with Crippen molar-refractivity contribution < 1.29 is 14.4 Å². The van der Waals surface area contributed by atoms with Gasteiger partial charge in [0.25, 0.3) is 0 Å². The van der Waals surface area contributed by atoms with Crippen LogP contribution >= 0.6 is 7.60 Å². The average molecular weight is 212 g/mol. The molecule has 0 saturated carbocycles. The molecule has 0 aliphatic carbocycles. The largest absolute Gasteiger partial charge is 0.333 e. The highest BCUT2D eigenvalue weighted by atomic mass is 31.2. The van der Waals surface area contributed by atoms with Gasteiger partial charge in [-0.05, 0) is 12.0 Å². The summed E-state index contributed by atoms with van der Waals surface area (Å²) >= 11 is 0. The fourth-order valence-electron chi connectivity index (χ4n) is 1.30. The Kier molecular flexibility index (Phi) is 3.64. The lowest BCUT2D eigenvalue weighted by Crippen LogP contribution is -1.98. The van der Waals surface area contributed by atoms with Crippen molar-refractivity contribution in [3.63, 3.8) is 0 Å². The van der Waals surface area contributed by atoms with Crippen molar-refractivity contribution in [2.45, 2.75) is 12.1 Å². The van der Waals surface area contributed by atoms with Gasteiger partial charge in [0, 0.05) is 0 Å². The third kappa shape index (κ3) is 2.81. The predicted octanol–water partition coefficient (Wildman–Crippen LogP) is 2.48. The molecule has 4 heteroatoms. The highest BCUT2D eigenvalue weighted by molar-refractivity contribution is 7.52. The van der Waals surface area contributed by atoms with Crippen LogP contribution < -0.4 is 0 Å². The zero-order chi connectivity index (χ0) is 10.6. The van der Waals surface area contributed by atoms with Crippen LogP contribution in [0.2, 0.25) is 0 Å². The third-order valence-corrected chi connectivity index (χ3v) is 3.30. The first-order valence-corrected chi connectivity index (χ1v) is 5.95. The smallest absolute Gasteiger partial charge is 0.324 e. The summed E-state index contributed by atoms with van der Waals surface area (Å²) in [4.78, 5) is 18.3. The SMILES string of the molecule is C=CCC(c1ccccc1)P(=O)(O)O. The highest BCUT2D eigenvalue weighted by Gasteiger charge is 2.28. The Morgan fingerprint density at radius 3 is 2.36 bits per heavy atom. The van der Waals surface area contributed by atoms with Gasteiger partial charge in [0.1, 0.15) is 0 Å². The summed E-state index contributed by atoms with van der Waals surface area (Å²) in [6.45, 7) is 3.50. The Bertz CT molecular complexity index is 342. The van der Waals surface area contributed by atoms with Crippen molar-refractivity contribution in [3.8, 4) is 0 Å². The van der Waals surface area contributed by atoms with Gasteiger partial charge >= 0.3 is 7.60 Å². The summed E-state index contributed by atoms with van der Waals surface area (Å²) < 4.78 is 11.2. The maximum Gasteiger partial charge on any atom is 0.333 e. The maximum absolute atomic E-state index is 11.2. The van der Waals surface area contributed by atoms with Crippen molar-refractivity contribution in [2.24, 2.45) is 0 Å². The van der Waals surface area contributed by atoms with E-state index in [0.29, 0.717) is 5.56 Å². The summed E-state index contributed by atoms with van der Waals surface area (Å²) in [7, 11) is -4.09. The second-order valence-electron chi connectivity index (χ2n) is 3.04. The van der Waals surface area contributed by atoms with Crippen LogP contribution in [0.5, 0.6) is 0 Å². The minimum absolute atomic E-state index is 0.286. The molecule has 0 bridgehead atoms. The van der Waals surface area contributed by atoms with Gasteiger partial charge in [-0.25, -0.2) is 0 Å². The van der Waals surface area contributed by atoms with Gasteiger partial charge in [-0.2, -0.15) is 0 Å². The van der Waals surface area contributed by atoms with Gasteiger partial charge < -0.3 is 9.79 Å². The molecule has 1 aromatic rings. The molecule has 0 spiro atoms. The van der Waals surface area contributed by atoms with E-state index in [4.69, 9.17) is 9.79 Å². The normalized spacial score (nSPS) is 13.6. The molecule has 0 radical (unpaired) electrons. The molecule has 0 fully saturated rings. The van der Waals surface area contributed by atoms with Crippen LogP contribution in [0.1, 0.15) is 17.6 Å². The van der Waals surface area contributed by atoms with Gasteiger partial charge in [0.05, 0.1) is 5.66 Å². The third-order valence-electron chi connectivity index (χ3n) is 1.98. The fraction of sp³-hybridized carbons (Fsp3) is 0.200. The number of hydrogen-bond acceptors (Lipinski definition) is 1. The second-order valence-corrected chi connectivity index (χ2v) is 4.84. The molecule has 1 atom stereocenters. The number of hydrogen-bond donors (Lipinski definition) is 2. The van der Waals surface area contributed by atoms with E-state index in [-0.39, 0.29) is 6.42 Å². The average Bonchev–Trinajstić information content (AvgIpc) is 2.14. The first-order valence-electron chi connectivity index (χ1n) is 4.26. The van der Waals surface area contributed by atoms with Gasteiger partial charge in [-0.15, -0.1) is 6.58 Å². The molecule has 2 N–H and O–H groups in total. The van der Waals surface area contributed by atoms with Crippen molar-refractivity contribution in [1.82, 2.24) is 0 Å². The van der Waals surface area contributed by atoms with Crippen molar-refractivity contribution in [1.29, 1.82) is 0 Å². The van der Waals surface area contributed by atoms with Crippen LogP contribution in [0.3, 0.4) is 0 Å². The number of benzene rings is 1. The molecule has 1 aromatic carbocycles. The minimum Gasteiger partial charge on any atom is -0.324 e. The van der Waals surface area contributed by atoms with Crippen LogP contribution in [-0.4, -0.2) is 9.79 Å². The molecule has 0 amide bonds. The first kappa shape index (κ1) is 11.2. The molecule has 0 aliphatic rings. The molecule has 0 heterocycles. The van der Waals surface area contributed by atoms with Crippen LogP contribution in [0, 0.1) is 0 Å². The molecular weight excluding hydrogens is 199 g/mol. The summed E-state index contributed by atoms with van der Waals surface area (Å²) in [5, 5.41) is 0. The quantitative estimate of drug-likeness (QED) is 0.595. The van der Waals surface area contributed by atoms with Crippen molar-refractivity contribution in [2.75, 3.05) is 0 Å². The minimum atomic E-state index is -4.09. The summed E-state index contributed by atoms with van der Waals surface area (Å²) in [5.41, 5.74) is -0.109. The molecule has 76 valence electrons. The van der Waals surface area contributed by atoms with E-state index < -0.39 is 13.3 Å². The Balaban J connectivity index is 3.01. The maximum atomic E-state index is 11.2. The van der Waals surface area contributed by atoms with E-state index in [1.54, 1.807) is 24.3 Å². The number of rotatable bonds is 4. The lowest BCUT2D eigenvalue weighted by molar-refractivity contribution is 0.358. The van der Waals surface area contributed by atoms with Gasteiger partial charge in [0.15, 0.2) is 0 Å². The molecule has 14 heavy (non-hydrogen) atoms. The first-order chi connectivity index (χ1) is 6.55. The Hall–Kier alpha value is -0.890. The molecule has 3 nitrogen and oxygen atoms in total. The van der Waals surface area contributed by atoms with Crippen LogP contribution in [0.15, 0.2) is 43.0 Å². The van der Waals surface area contributed by atoms with Crippen LogP contribution in [-0.2, 0) is 4.57 Å². The van der Waals surface area contributed by atoms with Gasteiger partial charge in [0.2, 0.25) is 0 Å². The Labute approximate surface area is 83.3 Å². The topological polar surface area (TPSA) is 57.5 Å². The summed E-state index contributed by atoms with van der Waals surface area (Å²) in [5.74, 6) is 0. The lowest BCUT2D eigenvalue weighted by Gasteiger charge is -2.16. The van der Waals surface area contributed by atoms with E-state index >= 15 is 0 Å². The fourth-order valence-corrected chi connectivity index (χ4v) is 2.28. The lowest BCUT2D eigenvalue weighted by atomic mass is 10.1. The van der Waals surface area contributed by atoms with Crippen molar-refractivity contribution >= 4 is 7.60 Å². The monoisotopic (exact) mass is 212 g/mol. The van der Waals surface area contributed by atoms with Gasteiger partial charge in [-0.1, -0.05) is 36.4 Å². The predicted molar refractivity (Wildman–Crippen MR) is 56.0 cm³/mol. The van der Waals surface area contributed by atoms with Crippen LogP contribution in [0.25, 0.3) is 0 Å². The van der Waals surface area contributed by atoms with Gasteiger partial charge in [-0.3, -0.25) is 4.57 Å². The molecule has 0 aromatic heterocycles. The molecular formula is C10H13O3P. The molecule has 0 saturated heterocycles. The van der Waals surface area contributed by atoms with E-state index in [0.717, 1.165) is 0 Å². The second kappa shape index (κ2) is 4.56. The zero-order valence-corrected chi connectivity index (χ0v) is 8.60. The number of allylic oxidation sites excluding steroid dienone is 1. The van der Waals surface area contributed by atoms with E-state index in [9.17, 15) is 4.57 Å². The van der Waals surface area contributed by atoms with Crippen LogP contribution in [0.4, 0.5) is 0 Å². The Morgan fingerprint density at radius 2 is 1.93 bits per heavy atom. The zero-order valence-electron chi connectivity index (χ0n) is 7.71. The van der Waals surface area contributed by atoms with E-state index in [2.05, 4.69) is 6.58 Å². The van der Waals surface area contributed by atoms with Crippen molar-refractivity contribution in [3.05, 3.63) is 48.6 Å². The standard InChI is InChI=1S/C10H13O3P/c1-2-6-10(14(11,12)13)9-7-4-3-5-8-9/h2-5,7-8,10H,1,6H2,(H2,11,12,13). The van der Waals surface area contributed by atoms with E-state index in [1.807, 2.05) is 6.07 Å². The molecule has 1 unspecified atom stereocenters. The molecule has 1 rings (SSSR count). The Morgan fingerprint density at radius 1 is 1.36 bits per heavy atom. The highest BCUT2D eigenvalue weighted by Crippen LogP contribution is 2.53. The summed E-state index contributed by atoms with van der Waals surface area (Å²) in [6.07, 6.45) is 1.81. The molecule has 0 aliphatic heterocycles. The van der Waals surface area contributed by atoms with E-state index in [1.165, 1.54) is 6.08 Å². The summed E-state index contributed by atoms with van der Waals surface area (Å²) in [6, 6.07) is 8.77.